The molecule has 0 radical (unpaired) electrons. The van der Waals surface area contributed by atoms with Crippen molar-refractivity contribution in [2.75, 3.05) is 6.54 Å². The number of nitrogens with zero attached hydrogens (tertiary/aromatic N) is 6. The summed E-state index contributed by atoms with van der Waals surface area (Å²) >= 11 is 6.19. The normalized spacial score (nSPS) is 15.1. The van der Waals surface area contributed by atoms with Crippen molar-refractivity contribution in [3.63, 3.8) is 0 Å². The fourth-order valence-electron chi connectivity index (χ4n) is 4.42. The Morgan fingerprint density at radius 1 is 1.16 bits per heavy atom. The number of aromatic nitrogens is 6. The van der Waals surface area contributed by atoms with Crippen LogP contribution in [0, 0.1) is 0 Å². The highest BCUT2D eigenvalue weighted by molar-refractivity contribution is 6.30. The maximum Gasteiger partial charge on any atom is 0.247 e. The lowest BCUT2D eigenvalue weighted by Crippen LogP contribution is -2.43. The third-order valence-electron chi connectivity index (χ3n) is 6.28. The number of Topliss-reactive ketones (excluding diaryl/α,β-unsaturated/α-hetero) is 2. The topological polar surface area (TPSA) is 127 Å². The number of tetrazole rings is 1. The number of hydrogen-bond donors (Lipinski definition) is 1. The summed E-state index contributed by atoms with van der Waals surface area (Å²) < 4.78 is 1.48. The van der Waals surface area contributed by atoms with Crippen molar-refractivity contribution in [1.82, 2.24) is 35.3 Å². The Bertz CT molecular complexity index is 1490. The Kier molecular flexibility index (Phi) is 6.74. The number of rotatable bonds is 7. The zero-order valence-electron chi connectivity index (χ0n) is 19.8. The zero-order valence-corrected chi connectivity index (χ0v) is 20.6. The molecular formula is C26H22ClN7O3. The molecule has 1 unspecified atom stereocenters. The van der Waals surface area contributed by atoms with Crippen LogP contribution in [0.25, 0.3) is 11.8 Å². The van der Waals surface area contributed by atoms with Crippen LogP contribution in [0.15, 0.2) is 61.1 Å². The number of amides is 1. The van der Waals surface area contributed by atoms with E-state index < -0.39 is 6.04 Å². The summed E-state index contributed by atoms with van der Waals surface area (Å²) in [7, 11) is 0. The second-order valence-electron chi connectivity index (χ2n) is 8.68. The van der Waals surface area contributed by atoms with Gasteiger partial charge in [-0.1, -0.05) is 35.9 Å². The van der Waals surface area contributed by atoms with Gasteiger partial charge in [0.25, 0.3) is 0 Å². The number of hydrogen-bond acceptors (Lipinski definition) is 7. The number of halogens is 1. The van der Waals surface area contributed by atoms with E-state index in [9.17, 15) is 14.4 Å². The molecule has 1 amide bonds. The average molecular weight is 516 g/mol. The SMILES string of the molecule is CC(=O)c1ccc(CC(=O)C2c3cn[nH]c3CCN2C(=O)/C=C/c2cc(Cl)ccc2-n2cnnn2)cc1. The van der Waals surface area contributed by atoms with Crippen molar-refractivity contribution in [3.05, 3.63) is 94.0 Å². The molecule has 10 nitrogen and oxygen atoms in total. The number of nitrogens with one attached hydrogen (secondary N) is 1. The fraction of sp³-hybridized carbons (Fsp3) is 0.192. The lowest BCUT2D eigenvalue weighted by atomic mass is 9.92. The monoisotopic (exact) mass is 515 g/mol. The maximum absolute atomic E-state index is 13.5. The quantitative estimate of drug-likeness (QED) is 0.296. The molecular weight excluding hydrogens is 494 g/mol. The van der Waals surface area contributed by atoms with E-state index in [-0.39, 0.29) is 23.9 Å². The molecule has 0 saturated heterocycles. The number of carbonyl (C=O) groups is 3. The maximum atomic E-state index is 13.5. The number of fused-ring (bicyclic) bond motifs is 1. The number of ketones is 2. The molecule has 0 aliphatic carbocycles. The number of aromatic amines is 1. The summed E-state index contributed by atoms with van der Waals surface area (Å²) in [6.07, 6.45) is 6.78. The van der Waals surface area contributed by atoms with Crippen molar-refractivity contribution in [3.8, 4) is 5.69 Å². The van der Waals surface area contributed by atoms with E-state index in [0.717, 1.165) is 11.3 Å². The Labute approximate surface area is 216 Å². The van der Waals surface area contributed by atoms with Crippen LogP contribution >= 0.6 is 11.6 Å². The zero-order chi connectivity index (χ0) is 25.9. The van der Waals surface area contributed by atoms with E-state index in [1.807, 2.05) is 0 Å². The molecule has 2 aromatic carbocycles. The van der Waals surface area contributed by atoms with Crippen LogP contribution in [0.5, 0.6) is 0 Å². The molecule has 37 heavy (non-hydrogen) atoms. The van der Waals surface area contributed by atoms with Crippen molar-refractivity contribution >= 4 is 35.2 Å². The Balaban J connectivity index is 1.41. The second kappa shape index (κ2) is 10.3. The number of benzene rings is 2. The average Bonchev–Trinajstić information content (AvgIpc) is 3.59. The van der Waals surface area contributed by atoms with Gasteiger partial charge in [0.05, 0.1) is 11.9 Å². The van der Waals surface area contributed by atoms with Crippen LogP contribution in [-0.4, -0.2) is 59.3 Å². The minimum atomic E-state index is -0.787. The predicted octanol–water partition coefficient (Wildman–Crippen LogP) is 3.19. The van der Waals surface area contributed by atoms with Crippen LogP contribution in [0.3, 0.4) is 0 Å². The fourth-order valence-corrected chi connectivity index (χ4v) is 4.60. The van der Waals surface area contributed by atoms with Gasteiger partial charge in [-0.15, -0.1) is 5.10 Å². The molecule has 2 aromatic heterocycles. The van der Waals surface area contributed by atoms with Gasteiger partial charge >= 0.3 is 0 Å². The van der Waals surface area contributed by atoms with Crippen LogP contribution in [0.4, 0.5) is 0 Å². The molecule has 3 heterocycles. The highest BCUT2D eigenvalue weighted by Crippen LogP contribution is 2.31. The van der Waals surface area contributed by atoms with Crippen LogP contribution in [-0.2, 0) is 22.4 Å². The van der Waals surface area contributed by atoms with Gasteiger partial charge in [-0.05, 0) is 47.2 Å². The van der Waals surface area contributed by atoms with Crippen LogP contribution in [0.1, 0.15) is 45.7 Å². The van der Waals surface area contributed by atoms with Crippen molar-refractivity contribution in [2.45, 2.75) is 25.8 Å². The van der Waals surface area contributed by atoms with Crippen LogP contribution in [0.2, 0.25) is 5.02 Å². The molecule has 1 aliphatic heterocycles. The van der Waals surface area contributed by atoms with Crippen LogP contribution < -0.4 is 0 Å². The smallest absolute Gasteiger partial charge is 0.247 e. The summed E-state index contributed by atoms with van der Waals surface area (Å²) in [5, 5.41) is 18.8. The molecule has 0 fully saturated rings. The third-order valence-corrected chi connectivity index (χ3v) is 6.51. The molecule has 4 aromatic rings. The first-order valence-corrected chi connectivity index (χ1v) is 11.9. The largest absolute Gasteiger partial charge is 0.324 e. The van der Waals surface area contributed by atoms with Gasteiger partial charge in [-0.2, -0.15) is 9.78 Å². The van der Waals surface area contributed by atoms with E-state index in [1.54, 1.807) is 59.6 Å². The number of H-pyrrole nitrogens is 1. The molecule has 11 heteroatoms. The minimum Gasteiger partial charge on any atom is -0.324 e. The van der Waals surface area contributed by atoms with E-state index in [4.69, 9.17) is 11.6 Å². The van der Waals surface area contributed by atoms with Crippen molar-refractivity contribution in [2.24, 2.45) is 0 Å². The van der Waals surface area contributed by atoms with E-state index >= 15 is 0 Å². The van der Waals surface area contributed by atoms with E-state index in [2.05, 4.69) is 25.7 Å². The van der Waals surface area contributed by atoms with Gasteiger partial charge in [0.15, 0.2) is 11.6 Å². The van der Waals surface area contributed by atoms with E-state index in [0.29, 0.717) is 40.4 Å². The summed E-state index contributed by atoms with van der Waals surface area (Å²) in [4.78, 5) is 40.1. The molecule has 0 spiro atoms. The second-order valence-corrected chi connectivity index (χ2v) is 9.11. The van der Waals surface area contributed by atoms with Crippen molar-refractivity contribution < 1.29 is 14.4 Å². The summed E-state index contributed by atoms with van der Waals surface area (Å²) in [5.41, 5.74) is 4.16. The van der Waals surface area contributed by atoms with Gasteiger partial charge in [0.1, 0.15) is 12.4 Å². The molecule has 0 bridgehead atoms. The van der Waals surface area contributed by atoms with Gasteiger partial charge < -0.3 is 4.90 Å². The van der Waals surface area contributed by atoms with Gasteiger partial charge in [0.2, 0.25) is 5.91 Å². The lowest BCUT2D eigenvalue weighted by molar-refractivity contribution is -0.136. The van der Waals surface area contributed by atoms with Gasteiger partial charge in [0, 0.05) is 52.9 Å². The first-order chi connectivity index (χ1) is 17.9. The Morgan fingerprint density at radius 2 is 1.97 bits per heavy atom. The molecule has 1 N–H and O–H groups in total. The van der Waals surface area contributed by atoms with Crippen molar-refractivity contribution in [1.29, 1.82) is 0 Å². The standard InChI is InChI=1S/C26H22ClN7O3/c1-16(35)18-4-2-17(3-5-18)12-24(36)26-21-14-28-30-22(21)10-11-33(26)25(37)9-6-19-13-20(27)7-8-23(19)34-15-29-31-32-34/h2-9,13-15,26H,10-12H2,1H3,(H,28,30)/b9-6+. The summed E-state index contributed by atoms with van der Waals surface area (Å²) in [6, 6.07) is 11.3. The predicted molar refractivity (Wildman–Crippen MR) is 135 cm³/mol. The summed E-state index contributed by atoms with van der Waals surface area (Å²) in [6.45, 7) is 1.85. The van der Waals surface area contributed by atoms with E-state index in [1.165, 1.54) is 24.0 Å². The Morgan fingerprint density at radius 3 is 2.70 bits per heavy atom. The molecule has 5 rings (SSSR count). The third kappa shape index (κ3) is 5.10. The minimum absolute atomic E-state index is 0.0419. The Hall–Kier alpha value is -4.44. The molecule has 1 atom stereocenters. The highest BCUT2D eigenvalue weighted by atomic mass is 35.5. The lowest BCUT2D eigenvalue weighted by Gasteiger charge is -2.34. The first-order valence-electron chi connectivity index (χ1n) is 11.6. The molecule has 1 aliphatic rings. The molecule has 0 saturated carbocycles. The number of carbonyl (C=O) groups excluding carboxylic acids is 3. The highest BCUT2D eigenvalue weighted by Gasteiger charge is 2.36. The first kappa shape index (κ1) is 24.3. The van der Waals surface area contributed by atoms with Gasteiger partial charge in [-0.25, -0.2) is 0 Å². The van der Waals surface area contributed by atoms with Gasteiger partial charge in [-0.3, -0.25) is 19.5 Å². The molecule has 186 valence electrons. The summed E-state index contributed by atoms with van der Waals surface area (Å²) in [5.74, 6) is -0.503.